The van der Waals surface area contributed by atoms with E-state index in [1.54, 1.807) is 7.11 Å². The van der Waals surface area contributed by atoms with Crippen molar-refractivity contribution in [2.75, 3.05) is 60.5 Å². The first-order valence-corrected chi connectivity index (χ1v) is 6.97. The lowest BCUT2D eigenvalue weighted by molar-refractivity contribution is -0.135. The van der Waals surface area contributed by atoms with Gasteiger partial charge in [-0.3, -0.25) is 14.9 Å². The number of rotatable bonds is 8. The van der Waals surface area contributed by atoms with Gasteiger partial charge in [0.2, 0.25) is 11.8 Å². The van der Waals surface area contributed by atoms with Gasteiger partial charge in [-0.05, 0) is 27.1 Å². The molecule has 2 amide bonds. The minimum atomic E-state index is -0.330. The van der Waals surface area contributed by atoms with Gasteiger partial charge in [-0.15, -0.1) is 0 Å². The fourth-order valence-corrected chi connectivity index (χ4v) is 2.07. The molecule has 0 radical (unpaired) electrons. The van der Waals surface area contributed by atoms with E-state index < -0.39 is 0 Å². The lowest BCUT2D eigenvalue weighted by atomic mass is 10.2. The highest BCUT2D eigenvalue weighted by molar-refractivity contribution is 5.86. The molecule has 0 aromatic heterocycles. The molecule has 7 heteroatoms. The minimum absolute atomic E-state index is 0.0285. The van der Waals surface area contributed by atoms with Crippen molar-refractivity contribution in [2.45, 2.75) is 12.5 Å². The first kappa shape index (κ1) is 16.9. The molecular weight excluding hydrogens is 260 g/mol. The molecule has 0 aromatic carbocycles. The number of ether oxygens (including phenoxy) is 1. The number of amides is 2. The van der Waals surface area contributed by atoms with Crippen LogP contribution in [0.25, 0.3) is 0 Å². The Hall–Kier alpha value is -1.18. The van der Waals surface area contributed by atoms with Crippen molar-refractivity contribution < 1.29 is 14.3 Å². The zero-order valence-corrected chi connectivity index (χ0v) is 12.6. The molecule has 1 fully saturated rings. The Labute approximate surface area is 120 Å². The Morgan fingerprint density at radius 1 is 1.35 bits per heavy atom. The minimum Gasteiger partial charge on any atom is -0.383 e. The van der Waals surface area contributed by atoms with Gasteiger partial charge in [0.15, 0.2) is 0 Å². The summed E-state index contributed by atoms with van der Waals surface area (Å²) in [5.74, 6) is -0.0362. The maximum atomic E-state index is 12.4. The second-order valence-electron chi connectivity index (χ2n) is 5.21. The summed E-state index contributed by atoms with van der Waals surface area (Å²) in [6, 6.07) is -0.330. The highest BCUT2D eigenvalue weighted by Gasteiger charge is 2.27. The van der Waals surface area contributed by atoms with Crippen LogP contribution in [0.5, 0.6) is 0 Å². The van der Waals surface area contributed by atoms with Gasteiger partial charge in [-0.1, -0.05) is 0 Å². The second-order valence-corrected chi connectivity index (χ2v) is 5.21. The third kappa shape index (κ3) is 5.85. The quantitative estimate of drug-likeness (QED) is 0.568. The van der Waals surface area contributed by atoms with Gasteiger partial charge in [0.25, 0.3) is 0 Å². The first-order valence-electron chi connectivity index (χ1n) is 6.97. The Morgan fingerprint density at radius 3 is 2.65 bits per heavy atom. The summed E-state index contributed by atoms with van der Waals surface area (Å²) in [6.45, 7) is 3.29. The van der Waals surface area contributed by atoms with Crippen molar-refractivity contribution in [3.8, 4) is 0 Å². The average Bonchev–Trinajstić information content (AvgIpc) is 2.42. The van der Waals surface area contributed by atoms with Crippen molar-refractivity contribution in [2.24, 2.45) is 0 Å². The summed E-state index contributed by atoms with van der Waals surface area (Å²) in [5, 5.41) is 5.68. The topological polar surface area (TPSA) is 73.9 Å². The average molecular weight is 286 g/mol. The van der Waals surface area contributed by atoms with E-state index in [1.807, 2.05) is 19.0 Å². The van der Waals surface area contributed by atoms with Gasteiger partial charge in [-0.25, -0.2) is 0 Å². The third-order valence-corrected chi connectivity index (χ3v) is 3.22. The van der Waals surface area contributed by atoms with Crippen LogP contribution in [-0.2, 0) is 14.3 Å². The molecule has 1 aliphatic rings. The van der Waals surface area contributed by atoms with Crippen LogP contribution in [0.3, 0.4) is 0 Å². The molecule has 1 unspecified atom stereocenters. The number of hydrogen-bond acceptors (Lipinski definition) is 5. The fraction of sp³-hybridized carbons (Fsp3) is 0.846. The number of piperazine rings is 1. The summed E-state index contributed by atoms with van der Waals surface area (Å²) >= 11 is 0. The number of hydrogen-bond donors (Lipinski definition) is 2. The van der Waals surface area contributed by atoms with E-state index in [2.05, 4.69) is 15.5 Å². The van der Waals surface area contributed by atoms with Gasteiger partial charge in [0, 0.05) is 26.7 Å². The number of carbonyl (C=O) groups is 2. The molecule has 0 bridgehead atoms. The number of carbonyl (C=O) groups excluding carboxylic acids is 2. The maximum Gasteiger partial charge on any atom is 0.241 e. The number of methoxy groups -OCH3 is 1. The molecular formula is C13H26N4O3. The Bertz CT molecular complexity index is 313. The molecule has 1 heterocycles. The molecule has 0 aromatic rings. The molecule has 1 rings (SSSR count). The van der Waals surface area contributed by atoms with Crippen molar-refractivity contribution in [1.82, 2.24) is 20.4 Å². The largest absolute Gasteiger partial charge is 0.383 e. The third-order valence-electron chi connectivity index (χ3n) is 3.22. The van der Waals surface area contributed by atoms with Crippen LogP contribution in [0.1, 0.15) is 6.42 Å². The molecule has 2 N–H and O–H groups in total. The standard InChI is InChI=1S/C13H26N4O3/c1-16(2)5-4-6-17(7-8-20-3)13(19)11-9-15-12(18)10-14-11/h11,14H,4-10H2,1-3H3,(H,15,18). The van der Waals surface area contributed by atoms with Crippen molar-refractivity contribution in [1.29, 1.82) is 0 Å². The van der Waals surface area contributed by atoms with Gasteiger partial charge >= 0.3 is 0 Å². The molecule has 7 nitrogen and oxygen atoms in total. The van der Waals surface area contributed by atoms with E-state index in [9.17, 15) is 9.59 Å². The first-order chi connectivity index (χ1) is 9.54. The summed E-state index contributed by atoms with van der Waals surface area (Å²) in [7, 11) is 5.65. The predicted octanol–water partition coefficient (Wildman–Crippen LogP) is -1.50. The SMILES string of the molecule is COCCN(CCCN(C)C)C(=O)C1CNC(=O)CN1. The van der Waals surface area contributed by atoms with Crippen molar-refractivity contribution in [3.05, 3.63) is 0 Å². The Kier molecular flexibility index (Phi) is 7.50. The van der Waals surface area contributed by atoms with Gasteiger partial charge in [0.1, 0.15) is 6.04 Å². The summed E-state index contributed by atoms with van der Waals surface area (Å²) in [4.78, 5) is 27.4. The highest BCUT2D eigenvalue weighted by atomic mass is 16.5. The van der Waals surface area contributed by atoms with Crippen LogP contribution in [-0.4, -0.2) is 88.2 Å². The molecule has 0 aliphatic carbocycles. The normalized spacial score (nSPS) is 19.0. The zero-order valence-electron chi connectivity index (χ0n) is 12.6. The van der Waals surface area contributed by atoms with Crippen LogP contribution in [0.2, 0.25) is 0 Å². The number of nitrogens with one attached hydrogen (secondary N) is 2. The van der Waals surface area contributed by atoms with Crippen molar-refractivity contribution >= 4 is 11.8 Å². The Morgan fingerprint density at radius 2 is 2.10 bits per heavy atom. The molecule has 1 saturated heterocycles. The monoisotopic (exact) mass is 286 g/mol. The van der Waals surface area contributed by atoms with Crippen LogP contribution in [0.4, 0.5) is 0 Å². The summed E-state index contributed by atoms with van der Waals surface area (Å²) < 4.78 is 5.06. The summed E-state index contributed by atoms with van der Waals surface area (Å²) in [6.07, 6.45) is 0.918. The smallest absolute Gasteiger partial charge is 0.241 e. The van der Waals surface area contributed by atoms with E-state index in [0.717, 1.165) is 13.0 Å². The van der Waals surface area contributed by atoms with Crippen LogP contribution in [0, 0.1) is 0 Å². The van der Waals surface area contributed by atoms with Crippen LogP contribution >= 0.6 is 0 Å². The second kappa shape index (κ2) is 8.89. The zero-order chi connectivity index (χ0) is 15.0. The Balaban J connectivity index is 2.47. The van der Waals surface area contributed by atoms with E-state index in [4.69, 9.17) is 4.74 Å². The van der Waals surface area contributed by atoms with Gasteiger partial charge in [0.05, 0.1) is 13.2 Å². The lowest BCUT2D eigenvalue weighted by Gasteiger charge is -2.30. The fourth-order valence-electron chi connectivity index (χ4n) is 2.07. The van der Waals surface area contributed by atoms with Gasteiger partial charge < -0.3 is 19.9 Å². The maximum absolute atomic E-state index is 12.4. The molecule has 1 aliphatic heterocycles. The lowest BCUT2D eigenvalue weighted by Crippen LogP contribution is -2.59. The van der Waals surface area contributed by atoms with E-state index in [0.29, 0.717) is 26.2 Å². The molecule has 0 spiro atoms. The molecule has 0 saturated carbocycles. The van der Waals surface area contributed by atoms with E-state index in [1.165, 1.54) is 0 Å². The highest BCUT2D eigenvalue weighted by Crippen LogP contribution is 2.00. The van der Waals surface area contributed by atoms with E-state index >= 15 is 0 Å². The van der Waals surface area contributed by atoms with Gasteiger partial charge in [-0.2, -0.15) is 0 Å². The van der Waals surface area contributed by atoms with E-state index in [-0.39, 0.29) is 24.4 Å². The predicted molar refractivity (Wildman–Crippen MR) is 76.4 cm³/mol. The molecule has 20 heavy (non-hydrogen) atoms. The summed E-state index contributed by atoms with van der Waals surface area (Å²) in [5.41, 5.74) is 0. The van der Waals surface area contributed by atoms with Crippen LogP contribution in [0.15, 0.2) is 0 Å². The van der Waals surface area contributed by atoms with Crippen molar-refractivity contribution in [3.63, 3.8) is 0 Å². The molecule has 1 atom stereocenters. The van der Waals surface area contributed by atoms with Crippen LogP contribution < -0.4 is 10.6 Å². The number of nitrogens with zero attached hydrogens (tertiary/aromatic N) is 2. The molecule has 116 valence electrons.